The number of hydrogen-bond acceptors (Lipinski definition) is 2. The molecule has 2 aromatic carbocycles. The molecular weight excluding hydrogens is 300 g/mol. The largest absolute Gasteiger partial charge is 0.370 e. The second-order valence-electron chi connectivity index (χ2n) is 5.21. The molecule has 1 aromatic heterocycles. The number of pyridine rings is 1. The Morgan fingerprint density at radius 3 is 2.54 bits per heavy atom. The maximum Gasteiger partial charge on any atom is 0.280 e. The topological polar surface area (TPSA) is 94.4 Å². The molecule has 0 saturated carbocycles. The van der Waals surface area contributed by atoms with Crippen molar-refractivity contribution < 1.29 is 4.79 Å². The number of hydrogen-bond donors (Lipinski definition) is 2. The highest BCUT2D eigenvalue weighted by atomic mass is 16.1. The van der Waals surface area contributed by atoms with Crippen LogP contribution in [0.25, 0.3) is 22.4 Å². The van der Waals surface area contributed by atoms with Gasteiger partial charge < -0.3 is 11.5 Å². The molecule has 1 heterocycles. The summed E-state index contributed by atoms with van der Waals surface area (Å²) in [7, 11) is 0. The SMILES string of the molecule is NC(N)=NC(=O)/C(=C/c1cccc2ccccc12)c1cccnc1. The molecule has 0 spiro atoms. The Hall–Kier alpha value is -3.47. The highest BCUT2D eigenvalue weighted by Crippen LogP contribution is 2.24. The van der Waals surface area contributed by atoms with Gasteiger partial charge in [-0.1, -0.05) is 48.5 Å². The van der Waals surface area contributed by atoms with Crippen molar-refractivity contribution in [1.29, 1.82) is 0 Å². The van der Waals surface area contributed by atoms with Crippen LogP contribution in [-0.2, 0) is 4.79 Å². The zero-order valence-corrected chi connectivity index (χ0v) is 12.9. The summed E-state index contributed by atoms with van der Waals surface area (Å²) in [6, 6.07) is 17.4. The molecule has 0 aliphatic rings. The fourth-order valence-electron chi connectivity index (χ4n) is 2.50. The van der Waals surface area contributed by atoms with Crippen molar-refractivity contribution in [1.82, 2.24) is 4.98 Å². The number of nitrogens with two attached hydrogens (primary N) is 2. The Morgan fingerprint density at radius 1 is 1.00 bits per heavy atom. The standard InChI is InChI=1S/C19H16N4O/c20-19(21)23-18(24)17(15-8-4-10-22-12-15)11-14-7-3-6-13-5-1-2-9-16(13)14/h1-12H,(H4,20,21,23,24)/b17-11+. The number of guanidine groups is 1. The Labute approximate surface area is 139 Å². The van der Waals surface area contributed by atoms with E-state index in [0.717, 1.165) is 16.3 Å². The molecule has 0 radical (unpaired) electrons. The van der Waals surface area contributed by atoms with Gasteiger partial charge in [-0.25, -0.2) is 0 Å². The van der Waals surface area contributed by atoms with Crippen LogP contribution in [-0.4, -0.2) is 16.9 Å². The number of carbonyl (C=O) groups excluding carboxylic acids is 1. The monoisotopic (exact) mass is 316 g/mol. The summed E-state index contributed by atoms with van der Waals surface area (Å²) in [5, 5.41) is 2.13. The first-order valence-electron chi connectivity index (χ1n) is 7.39. The first-order valence-corrected chi connectivity index (χ1v) is 7.39. The molecule has 0 aliphatic heterocycles. The molecule has 0 aliphatic carbocycles. The van der Waals surface area contributed by atoms with Gasteiger partial charge in [0.1, 0.15) is 0 Å². The molecule has 3 aromatic rings. The first kappa shape index (κ1) is 15.4. The lowest BCUT2D eigenvalue weighted by Gasteiger charge is -2.06. The van der Waals surface area contributed by atoms with Crippen LogP contribution in [0.5, 0.6) is 0 Å². The van der Waals surface area contributed by atoms with Crippen LogP contribution >= 0.6 is 0 Å². The van der Waals surface area contributed by atoms with E-state index in [1.807, 2.05) is 42.5 Å². The average molecular weight is 316 g/mol. The van der Waals surface area contributed by atoms with Gasteiger partial charge in [-0.05, 0) is 28.5 Å². The lowest BCUT2D eigenvalue weighted by atomic mass is 9.99. The molecule has 5 nitrogen and oxygen atoms in total. The van der Waals surface area contributed by atoms with Crippen molar-refractivity contribution in [2.45, 2.75) is 0 Å². The molecule has 1 amide bonds. The van der Waals surface area contributed by atoms with Crippen molar-refractivity contribution in [2.24, 2.45) is 16.5 Å². The van der Waals surface area contributed by atoms with Gasteiger partial charge in [-0.2, -0.15) is 4.99 Å². The molecule has 0 unspecified atom stereocenters. The number of carbonyl (C=O) groups is 1. The summed E-state index contributed by atoms with van der Waals surface area (Å²) in [5.74, 6) is -0.774. The van der Waals surface area contributed by atoms with Crippen LogP contribution in [0.2, 0.25) is 0 Å². The number of nitrogens with zero attached hydrogens (tertiary/aromatic N) is 2. The van der Waals surface area contributed by atoms with Crippen LogP contribution in [0.15, 0.2) is 72.0 Å². The van der Waals surface area contributed by atoms with E-state index >= 15 is 0 Å². The fraction of sp³-hybridized carbons (Fsp3) is 0. The predicted octanol–water partition coefficient (Wildman–Crippen LogP) is 2.58. The minimum Gasteiger partial charge on any atom is -0.370 e. The second kappa shape index (κ2) is 6.75. The number of fused-ring (bicyclic) bond motifs is 1. The van der Waals surface area contributed by atoms with E-state index in [1.54, 1.807) is 30.6 Å². The number of aromatic nitrogens is 1. The third kappa shape index (κ3) is 3.30. The predicted molar refractivity (Wildman–Crippen MR) is 96.9 cm³/mol. The van der Waals surface area contributed by atoms with E-state index in [4.69, 9.17) is 11.5 Å². The lowest BCUT2D eigenvalue weighted by Crippen LogP contribution is -2.24. The maximum atomic E-state index is 12.5. The summed E-state index contributed by atoms with van der Waals surface area (Å²) in [4.78, 5) is 20.2. The summed E-state index contributed by atoms with van der Waals surface area (Å²) in [6.07, 6.45) is 5.04. The molecule has 5 heteroatoms. The number of aliphatic imine (C=N–C) groups is 1. The highest BCUT2D eigenvalue weighted by molar-refractivity contribution is 6.27. The number of amides is 1. The Morgan fingerprint density at radius 2 is 1.79 bits per heavy atom. The lowest BCUT2D eigenvalue weighted by molar-refractivity contribution is -0.112. The van der Waals surface area contributed by atoms with Gasteiger partial charge >= 0.3 is 0 Å². The molecule has 3 rings (SSSR count). The third-order valence-electron chi connectivity index (χ3n) is 3.56. The van der Waals surface area contributed by atoms with Gasteiger partial charge in [-0.15, -0.1) is 0 Å². The van der Waals surface area contributed by atoms with Gasteiger partial charge in [0, 0.05) is 18.0 Å². The van der Waals surface area contributed by atoms with Gasteiger partial charge in [0.25, 0.3) is 5.91 Å². The first-order chi connectivity index (χ1) is 11.6. The van der Waals surface area contributed by atoms with Gasteiger partial charge in [0.15, 0.2) is 5.96 Å². The zero-order valence-electron chi connectivity index (χ0n) is 12.9. The summed E-state index contributed by atoms with van der Waals surface area (Å²) < 4.78 is 0. The van der Waals surface area contributed by atoms with Crippen molar-refractivity contribution >= 4 is 34.3 Å². The van der Waals surface area contributed by atoms with Crippen LogP contribution in [0.3, 0.4) is 0 Å². The Bertz CT molecular complexity index is 937. The van der Waals surface area contributed by atoms with Crippen LogP contribution in [0, 0.1) is 0 Å². The van der Waals surface area contributed by atoms with E-state index in [-0.39, 0.29) is 5.96 Å². The van der Waals surface area contributed by atoms with E-state index in [0.29, 0.717) is 11.1 Å². The summed E-state index contributed by atoms with van der Waals surface area (Å²) in [5.41, 5.74) is 12.7. The molecule has 24 heavy (non-hydrogen) atoms. The number of benzene rings is 2. The fourth-order valence-corrected chi connectivity index (χ4v) is 2.50. The number of rotatable bonds is 3. The highest BCUT2D eigenvalue weighted by Gasteiger charge is 2.13. The van der Waals surface area contributed by atoms with Gasteiger partial charge in [0.2, 0.25) is 0 Å². The van der Waals surface area contributed by atoms with Crippen LogP contribution in [0.1, 0.15) is 11.1 Å². The van der Waals surface area contributed by atoms with Crippen molar-refractivity contribution in [3.8, 4) is 0 Å². The Balaban J connectivity index is 2.19. The minimum absolute atomic E-state index is 0.271. The van der Waals surface area contributed by atoms with E-state index in [9.17, 15) is 4.79 Å². The van der Waals surface area contributed by atoms with Crippen molar-refractivity contribution in [2.75, 3.05) is 0 Å². The minimum atomic E-state index is -0.504. The van der Waals surface area contributed by atoms with Gasteiger partial charge in [-0.3, -0.25) is 9.78 Å². The normalized spacial score (nSPS) is 11.2. The molecule has 0 fully saturated rings. The van der Waals surface area contributed by atoms with Crippen molar-refractivity contribution in [3.63, 3.8) is 0 Å². The maximum absolute atomic E-state index is 12.5. The van der Waals surface area contributed by atoms with Crippen molar-refractivity contribution in [3.05, 3.63) is 78.1 Å². The molecule has 0 saturated heterocycles. The second-order valence-corrected chi connectivity index (χ2v) is 5.21. The molecule has 0 bridgehead atoms. The van der Waals surface area contributed by atoms with E-state index in [2.05, 4.69) is 9.98 Å². The van der Waals surface area contributed by atoms with E-state index < -0.39 is 5.91 Å². The quantitative estimate of drug-likeness (QED) is 0.441. The Kier molecular flexibility index (Phi) is 4.34. The zero-order chi connectivity index (χ0) is 16.9. The third-order valence-corrected chi connectivity index (χ3v) is 3.56. The smallest absolute Gasteiger partial charge is 0.280 e. The summed E-state index contributed by atoms with van der Waals surface area (Å²) >= 11 is 0. The van der Waals surface area contributed by atoms with Gasteiger partial charge in [0.05, 0.1) is 5.57 Å². The van der Waals surface area contributed by atoms with Crippen LogP contribution < -0.4 is 11.5 Å². The van der Waals surface area contributed by atoms with E-state index in [1.165, 1.54) is 0 Å². The molecule has 0 atom stereocenters. The van der Waals surface area contributed by atoms with Crippen LogP contribution in [0.4, 0.5) is 0 Å². The summed E-state index contributed by atoms with van der Waals surface area (Å²) in [6.45, 7) is 0. The molecular formula is C19H16N4O. The average Bonchev–Trinajstić information content (AvgIpc) is 2.60. The molecule has 4 N–H and O–H groups in total. The molecule has 118 valence electrons.